The minimum atomic E-state index is 0.573. The van der Waals surface area contributed by atoms with Crippen LogP contribution in [0.25, 0.3) is 11.2 Å². The lowest BCUT2D eigenvalue weighted by atomic mass is 10.4. The molecule has 0 bridgehead atoms. The fraction of sp³-hybridized carbons (Fsp3) is 0.333. The van der Waals surface area contributed by atoms with Gasteiger partial charge in [0.15, 0.2) is 11.5 Å². The largest absolute Gasteiger partial charge is 0.362 e. The zero-order chi connectivity index (χ0) is 13.9. The van der Waals surface area contributed by atoms with Crippen LogP contribution in [0.1, 0.15) is 17.6 Å². The number of imidazole rings is 1. The fourth-order valence-electron chi connectivity index (χ4n) is 1.86. The summed E-state index contributed by atoms with van der Waals surface area (Å²) in [7, 11) is 0. The van der Waals surface area contributed by atoms with Crippen molar-refractivity contribution in [1.29, 1.82) is 0 Å². The zero-order valence-electron chi connectivity index (χ0n) is 11.3. The number of H-pyrrole nitrogens is 1. The number of rotatable bonds is 5. The smallest absolute Gasteiger partial charge is 0.226 e. The topological polar surface area (TPSA) is 91.4 Å². The third-order valence-corrected chi connectivity index (χ3v) is 3.55. The van der Waals surface area contributed by atoms with Crippen LogP contribution in [0, 0.1) is 6.92 Å². The Morgan fingerprint density at radius 2 is 2.15 bits per heavy atom. The van der Waals surface area contributed by atoms with Gasteiger partial charge in [-0.05, 0) is 13.8 Å². The Balaban J connectivity index is 1.87. The SMILES string of the molecule is CCNc1nc(NCc2csc(C)n2)c2[nH]cnc2n1. The van der Waals surface area contributed by atoms with Crippen LogP contribution in [-0.4, -0.2) is 31.5 Å². The molecule has 0 amide bonds. The van der Waals surface area contributed by atoms with E-state index in [1.54, 1.807) is 17.7 Å². The van der Waals surface area contributed by atoms with Crippen LogP contribution in [0.3, 0.4) is 0 Å². The van der Waals surface area contributed by atoms with E-state index in [9.17, 15) is 0 Å². The van der Waals surface area contributed by atoms with Crippen molar-refractivity contribution in [2.45, 2.75) is 20.4 Å². The minimum Gasteiger partial charge on any atom is -0.362 e. The maximum Gasteiger partial charge on any atom is 0.226 e. The molecule has 3 aromatic rings. The monoisotopic (exact) mass is 289 g/mol. The average molecular weight is 289 g/mol. The molecular weight excluding hydrogens is 274 g/mol. The summed E-state index contributed by atoms with van der Waals surface area (Å²) in [5.74, 6) is 1.30. The number of aromatic amines is 1. The molecule has 0 spiro atoms. The molecule has 0 unspecified atom stereocenters. The van der Waals surface area contributed by atoms with Crippen molar-refractivity contribution < 1.29 is 0 Å². The van der Waals surface area contributed by atoms with Gasteiger partial charge in [0.2, 0.25) is 5.95 Å². The van der Waals surface area contributed by atoms with Gasteiger partial charge in [-0.3, -0.25) is 0 Å². The molecule has 3 N–H and O–H groups in total. The van der Waals surface area contributed by atoms with Gasteiger partial charge in [0.05, 0.1) is 23.6 Å². The van der Waals surface area contributed by atoms with E-state index < -0.39 is 0 Å². The molecule has 0 fully saturated rings. The number of hydrogen-bond donors (Lipinski definition) is 3. The Kier molecular flexibility index (Phi) is 3.46. The van der Waals surface area contributed by atoms with E-state index in [2.05, 4.69) is 35.6 Å². The van der Waals surface area contributed by atoms with E-state index in [-0.39, 0.29) is 0 Å². The molecule has 7 nitrogen and oxygen atoms in total. The molecular formula is C12H15N7S. The Morgan fingerprint density at radius 1 is 1.25 bits per heavy atom. The van der Waals surface area contributed by atoms with Crippen molar-refractivity contribution in [1.82, 2.24) is 24.9 Å². The van der Waals surface area contributed by atoms with Gasteiger partial charge in [-0.2, -0.15) is 9.97 Å². The molecule has 3 rings (SSSR count). The van der Waals surface area contributed by atoms with Crippen molar-refractivity contribution in [3.8, 4) is 0 Å². The molecule has 0 aromatic carbocycles. The van der Waals surface area contributed by atoms with Gasteiger partial charge in [0.25, 0.3) is 0 Å². The third kappa shape index (κ3) is 2.55. The molecule has 3 heterocycles. The van der Waals surface area contributed by atoms with Gasteiger partial charge in [-0.15, -0.1) is 11.3 Å². The molecule has 20 heavy (non-hydrogen) atoms. The first-order valence-electron chi connectivity index (χ1n) is 6.36. The first kappa shape index (κ1) is 12.8. The van der Waals surface area contributed by atoms with Crippen molar-refractivity contribution >= 4 is 34.3 Å². The van der Waals surface area contributed by atoms with Crippen molar-refractivity contribution in [2.75, 3.05) is 17.2 Å². The lowest BCUT2D eigenvalue weighted by Crippen LogP contribution is -2.07. The molecule has 8 heteroatoms. The molecule has 0 aliphatic carbocycles. The zero-order valence-corrected chi connectivity index (χ0v) is 12.1. The van der Waals surface area contributed by atoms with E-state index in [4.69, 9.17) is 0 Å². The fourth-order valence-corrected chi connectivity index (χ4v) is 2.47. The highest BCUT2D eigenvalue weighted by Crippen LogP contribution is 2.19. The van der Waals surface area contributed by atoms with Crippen LogP contribution in [0.15, 0.2) is 11.7 Å². The Labute approximate surface area is 119 Å². The van der Waals surface area contributed by atoms with E-state index in [0.29, 0.717) is 18.1 Å². The van der Waals surface area contributed by atoms with Crippen molar-refractivity contribution in [3.05, 3.63) is 22.4 Å². The lowest BCUT2D eigenvalue weighted by molar-refractivity contribution is 1.03. The molecule has 0 saturated heterocycles. The van der Waals surface area contributed by atoms with Gasteiger partial charge in [-0.1, -0.05) is 0 Å². The summed E-state index contributed by atoms with van der Waals surface area (Å²) in [6.45, 7) is 5.39. The number of anilines is 2. The minimum absolute atomic E-state index is 0.573. The summed E-state index contributed by atoms with van der Waals surface area (Å²) in [4.78, 5) is 20.4. The van der Waals surface area contributed by atoms with Crippen LogP contribution in [0.5, 0.6) is 0 Å². The highest BCUT2D eigenvalue weighted by Gasteiger charge is 2.09. The quantitative estimate of drug-likeness (QED) is 0.666. The Morgan fingerprint density at radius 3 is 2.90 bits per heavy atom. The predicted octanol–water partition coefficient (Wildman–Crippen LogP) is 2.16. The summed E-state index contributed by atoms with van der Waals surface area (Å²) in [5, 5.41) is 9.49. The second kappa shape index (κ2) is 5.41. The molecule has 0 radical (unpaired) electrons. The molecule has 0 aliphatic rings. The summed E-state index contributed by atoms with van der Waals surface area (Å²) in [6.07, 6.45) is 1.62. The number of fused-ring (bicyclic) bond motifs is 1. The number of nitrogens with zero attached hydrogens (tertiary/aromatic N) is 4. The first-order chi connectivity index (χ1) is 9.76. The summed E-state index contributed by atoms with van der Waals surface area (Å²) < 4.78 is 0. The number of hydrogen-bond acceptors (Lipinski definition) is 7. The van der Waals surface area contributed by atoms with Crippen LogP contribution >= 0.6 is 11.3 Å². The van der Waals surface area contributed by atoms with Crippen LogP contribution in [0.4, 0.5) is 11.8 Å². The van der Waals surface area contributed by atoms with Gasteiger partial charge < -0.3 is 15.6 Å². The van der Waals surface area contributed by atoms with Gasteiger partial charge in [0.1, 0.15) is 5.52 Å². The first-order valence-corrected chi connectivity index (χ1v) is 7.24. The van der Waals surface area contributed by atoms with E-state index in [1.807, 2.05) is 19.2 Å². The summed E-state index contributed by atoms with van der Waals surface area (Å²) >= 11 is 1.64. The van der Waals surface area contributed by atoms with Crippen molar-refractivity contribution in [2.24, 2.45) is 0 Å². The summed E-state index contributed by atoms with van der Waals surface area (Å²) in [6, 6.07) is 0. The number of thiazole rings is 1. The molecule has 0 saturated carbocycles. The Hall–Kier alpha value is -2.22. The lowest BCUT2D eigenvalue weighted by Gasteiger charge is -2.07. The predicted molar refractivity (Wildman–Crippen MR) is 80.0 cm³/mol. The maximum atomic E-state index is 4.46. The second-order valence-electron chi connectivity index (χ2n) is 4.24. The van der Waals surface area contributed by atoms with Crippen LogP contribution in [-0.2, 0) is 6.54 Å². The van der Waals surface area contributed by atoms with Crippen molar-refractivity contribution in [3.63, 3.8) is 0 Å². The van der Waals surface area contributed by atoms with Gasteiger partial charge >= 0.3 is 0 Å². The highest BCUT2D eigenvalue weighted by atomic mass is 32.1. The number of nitrogens with one attached hydrogen (secondary N) is 3. The maximum absolute atomic E-state index is 4.46. The van der Waals surface area contributed by atoms with E-state index >= 15 is 0 Å². The van der Waals surface area contributed by atoms with Crippen LogP contribution in [0.2, 0.25) is 0 Å². The highest BCUT2D eigenvalue weighted by molar-refractivity contribution is 7.09. The number of aromatic nitrogens is 5. The molecule has 3 aromatic heterocycles. The van der Waals surface area contributed by atoms with Gasteiger partial charge in [-0.25, -0.2) is 9.97 Å². The number of aryl methyl sites for hydroxylation is 1. The average Bonchev–Trinajstić information content (AvgIpc) is 3.05. The van der Waals surface area contributed by atoms with E-state index in [0.717, 1.165) is 28.6 Å². The normalized spacial score (nSPS) is 10.9. The summed E-state index contributed by atoms with van der Waals surface area (Å²) in [5.41, 5.74) is 2.45. The third-order valence-electron chi connectivity index (χ3n) is 2.72. The van der Waals surface area contributed by atoms with Crippen LogP contribution < -0.4 is 10.6 Å². The standard InChI is InChI=1S/C12H15N7S/c1-3-13-12-18-10(9-11(19-12)16-6-15-9)14-4-8-5-20-7(2)17-8/h5-6H,3-4H2,1-2H3,(H3,13,14,15,16,18,19). The Bertz CT molecular complexity index is 717. The second-order valence-corrected chi connectivity index (χ2v) is 5.30. The van der Waals surface area contributed by atoms with Gasteiger partial charge in [0, 0.05) is 11.9 Å². The molecule has 0 aliphatic heterocycles. The molecule has 0 atom stereocenters. The molecule has 104 valence electrons. The van der Waals surface area contributed by atoms with E-state index in [1.165, 1.54) is 0 Å².